The molecule has 4 nitrogen and oxygen atoms in total. The van der Waals surface area contributed by atoms with Gasteiger partial charge in [0.15, 0.2) is 0 Å². The van der Waals surface area contributed by atoms with Gasteiger partial charge in [0.25, 0.3) is 0 Å². The van der Waals surface area contributed by atoms with Crippen LogP contribution in [0.5, 0.6) is 0 Å². The summed E-state index contributed by atoms with van der Waals surface area (Å²) in [7, 11) is 2.20. The largest absolute Gasteiger partial charge is 0.370 e. The second-order valence-electron chi connectivity index (χ2n) is 6.43. The van der Waals surface area contributed by atoms with Crippen LogP contribution in [-0.4, -0.2) is 48.1 Å². The summed E-state index contributed by atoms with van der Waals surface area (Å²) in [5.41, 5.74) is 4.32. The first-order valence-electron chi connectivity index (χ1n) is 8.38. The molecule has 0 amide bonds. The fraction of sp³-hybridized carbons (Fsp3) is 0.316. The second kappa shape index (κ2) is 6.46. The first-order chi connectivity index (χ1) is 11.7. The number of anilines is 1. The number of nitrogens with zero attached hydrogens (tertiary/aromatic N) is 3. The van der Waals surface area contributed by atoms with Crippen molar-refractivity contribution in [3.05, 3.63) is 47.6 Å². The molecular weight excluding hydrogens is 320 g/mol. The van der Waals surface area contributed by atoms with Gasteiger partial charge < -0.3 is 14.8 Å². The number of pyridine rings is 1. The Morgan fingerprint density at radius 3 is 2.67 bits per heavy atom. The molecule has 1 aliphatic rings. The molecule has 1 aromatic carbocycles. The molecule has 0 unspecified atom stereocenters. The van der Waals surface area contributed by atoms with Crippen LogP contribution < -0.4 is 4.90 Å². The lowest BCUT2D eigenvalue weighted by molar-refractivity contribution is 0.360. The lowest BCUT2D eigenvalue weighted by atomic mass is 10.1. The molecule has 0 spiro atoms. The van der Waals surface area contributed by atoms with Gasteiger partial charge >= 0.3 is 0 Å². The zero-order chi connectivity index (χ0) is 16.5. The van der Waals surface area contributed by atoms with Gasteiger partial charge in [-0.3, -0.25) is 0 Å². The smallest absolute Gasteiger partial charge is 0.139 e. The van der Waals surface area contributed by atoms with Gasteiger partial charge in [-0.1, -0.05) is 23.7 Å². The molecule has 3 aromatic rings. The highest BCUT2D eigenvalue weighted by Gasteiger charge is 2.13. The number of nitrogens with one attached hydrogen (secondary N) is 1. The molecule has 0 atom stereocenters. The number of benzene rings is 1. The van der Waals surface area contributed by atoms with Crippen molar-refractivity contribution in [1.82, 2.24) is 14.9 Å². The highest BCUT2D eigenvalue weighted by molar-refractivity contribution is 6.35. The Hall–Kier alpha value is -2.04. The Morgan fingerprint density at radius 2 is 1.88 bits per heavy atom. The van der Waals surface area contributed by atoms with Crippen LogP contribution in [0.4, 0.5) is 5.69 Å². The van der Waals surface area contributed by atoms with E-state index in [1.54, 1.807) is 6.20 Å². The zero-order valence-corrected chi connectivity index (χ0v) is 14.6. The summed E-state index contributed by atoms with van der Waals surface area (Å²) >= 11 is 6.24. The normalized spacial score (nSPS) is 16.5. The van der Waals surface area contributed by atoms with Gasteiger partial charge in [-0.2, -0.15) is 0 Å². The van der Waals surface area contributed by atoms with E-state index in [0.29, 0.717) is 0 Å². The quantitative estimate of drug-likeness (QED) is 0.765. The summed E-state index contributed by atoms with van der Waals surface area (Å²) in [5, 5.41) is 1.70. The lowest BCUT2D eigenvalue weighted by Gasteiger charge is -2.23. The predicted octanol–water partition coefficient (Wildman–Crippen LogP) is 4.03. The molecule has 24 heavy (non-hydrogen) atoms. The highest BCUT2D eigenvalue weighted by Crippen LogP contribution is 2.29. The topological polar surface area (TPSA) is 35.2 Å². The van der Waals surface area contributed by atoms with Crippen molar-refractivity contribution in [2.24, 2.45) is 0 Å². The fourth-order valence-electron chi connectivity index (χ4n) is 3.31. The predicted molar refractivity (Wildman–Crippen MR) is 101 cm³/mol. The van der Waals surface area contributed by atoms with Crippen molar-refractivity contribution < 1.29 is 0 Å². The van der Waals surface area contributed by atoms with E-state index in [9.17, 15) is 0 Å². The first-order valence-corrected chi connectivity index (χ1v) is 8.76. The van der Waals surface area contributed by atoms with Crippen LogP contribution in [-0.2, 0) is 0 Å². The minimum Gasteiger partial charge on any atom is -0.370 e. The van der Waals surface area contributed by atoms with Crippen LogP contribution in [0.1, 0.15) is 6.42 Å². The van der Waals surface area contributed by atoms with E-state index >= 15 is 0 Å². The number of aromatic amines is 1. The van der Waals surface area contributed by atoms with Crippen LogP contribution >= 0.6 is 11.6 Å². The maximum Gasteiger partial charge on any atom is 0.139 e. The molecule has 3 heterocycles. The van der Waals surface area contributed by atoms with Gasteiger partial charge in [-0.25, -0.2) is 4.98 Å². The third kappa shape index (κ3) is 2.99. The van der Waals surface area contributed by atoms with Crippen LogP contribution in [0.2, 0.25) is 5.02 Å². The van der Waals surface area contributed by atoms with Gasteiger partial charge in [0, 0.05) is 42.6 Å². The van der Waals surface area contributed by atoms with E-state index in [1.165, 1.54) is 18.7 Å². The number of likely N-dealkylation sites (N-methyl/N-ethyl adjacent to an activating group) is 1. The van der Waals surface area contributed by atoms with Crippen LogP contribution in [0.3, 0.4) is 0 Å². The molecule has 0 aliphatic carbocycles. The number of H-pyrrole nitrogens is 1. The Balaban J connectivity index is 1.59. The fourth-order valence-corrected chi connectivity index (χ4v) is 3.51. The number of halogens is 1. The van der Waals surface area contributed by atoms with Crippen molar-refractivity contribution >= 4 is 28.3 Å². The number of aromatic nitrogens is 2. The van der Waals surface area contributed by atoms with Crippen LogP contribution in [0.15, 0.2) is 42.6 Å². The first kappa shape index (κ1) is 15.5. The summed E-state index contributed by atoms with van der Waals surface area (Å²) in [5.74, 6) is 0. The summed E-state index contributed by atoms with van der Waals surface area (Å²) < 4.78 is 0. The van der Waals surface area contributed by atoms with Crippen molar-refractivity contribution in [2.75, 3.05) is 38.1 Å². The molecule has 1 aliphatic heterocycles. The lowest BCUT2D eigenvalue weighted by Crippen LogP contribution is -2.28. The Kier molecular flexibility index (Phi) is 4.17. The van der Waals surface area contributed by atoms with E-state index in [0.717, 1.165) is 46.9 Å². The highest BCUT2D eigenvalue weighted by atomic mass is 35.5. The number of hydrogen-bond acceptors (Lipinski definition) is 3. The molecule has 4 rings (SSSR count). The maximum atomic E-state index is 6.24. The number of fused-ring (bicyclic) bond motifs is 1. The Bertz CT molecular complexity index is 840. The van der Waals surface area contributed by atoms with E-state index < -0.39 is 0 Å². The van der Waals surface area contributed by atoms with Crippen molar-refractivity contribution in [3.63, 3.8) is 0 Å². The molecule has 1 N–H and O–H groups in total. The average Bonchev–Trinajstić information content (AvgIpc) is 2.92. The third-order valence-electron chi connectivity index (χ3n) is 4.74. The monoisotopic (exact) mass is 340 g/mol. The zero-order valence-electron chi connectivity index (χ0n) is 13.8. The number of hydrogen-bond donors (Lipinski definition) is 1. The summed E-state index contributed by atoms with van der Waals surface area (Å²) in [6.07, 6.45) is 2.94. The SMILES string of the molecule is CN1CCCN(c2ccc(-c3cc4c(Cl)ccnc4[nH]3)cc2)CC1. The molecule has 2 aromatic heterocycles. The Morgan fingerprint density at radius 1 is 1.04 bits per heavy atom. The van der Waals surface area contributed by atoms with Crippen LogP contribution in [0, 0.1) is 0 Å². The van der Waals surface area contributed by atoms with Gasteiger partial charge in [0.1, 0.15) is 5.65 Å². The molecular formula is C19H21ClN4. The third-order valence-corrected chi connectivity index (χ3v) is 5.07. The Labute approximate surface area is 147 Å². The van der Waals surface area contributed by atoms with Gasteiger partial charge in [-0.15, -0.1) is 0 Å². The van der Waals surface area contributed by atoms with Gasteiger partial charge in [0.05, 0.1) is 5.02 Å². The summed E-state index contributed by atoms with van der Waals surface area (Å²) in [6.45, 7) is 4.50. The molecule has 5 heteroatoms. The van der Waals surface area contributed by atoms with E-state index in [2.05, 4.69) is 57.1 Å². The summed E-state index contributed by atoms with van der Waals surface area (Å²) in [4.78, 5) is 12.6. The van der Waals surface area contributed by atoms with Crippen LogP contribution in [0.25, 0.3) is 22.3 Å². The molecule has 1 fully saturated rings. The summed E-state index contributed by atoms with van der Waals surface area (Å²) in [6, 6.07) is 12.6. The maximum absolute atomic E-state index is 6.24. The van der Waals surface area contributed by atoms with Crippen molar-refractivity contribution in [3.8, 4) is 11.3 Å². The van der Waals surface area contributed by atoms with Crippen molar-refractivity contribution in [1.29, 1.82) is 0 Å². The van der Waals surface area contributed by atoms with E-state index in [4.69, 9.17) is 11.6 Å². The molecule has 0 radical (unpaired) electrons. The van der Waals surface area contributed by atoms with E-state index in [-0.39, 0.29) is 0 Å². The second-order valence-corrected chi connectivity index (χ2v) is 6.84. The molecule has 0 bridgehead atoms. The van der Waals surface area contributed by atoms with Crippen molar-refractivity contribution in [2.45, 2.75) is 6.42 Å². The van der Waals surface area contributed by atoms with E-state index in [1.807, 2.05) is 6.07 Å². The average molecular weight is 341 g/mol. The van der Waals surface area contributed by atoms with Gasteiger partial charge in [-0.05, 0) is 49.8 Å². The molecule has 0 saturated carbocycles. The van der Waals surface area contributed by atoms with Gasteiger partial charge in [0.2, 0.25) is 0 Å². The molecule has 1 saturated heterocycles. The molecule has 124 valence electrons. The number of rotatable bonds is 2. The minimum atomic E-state index is 0.729. The minimum absolute atomic E-state index is 0.729. The standard InChI is InChI=1S/C19H21ClN4/c1-23-9-2-10-24(12-11-23)15-5-3-14(4-6-15)18-13-16-17(20)7-8-21-19(16)22-18/h3-8,13H,2,9-12H2,1H3,(H,21,22).